The van der Waals surface area contributed by atoms with Crippen LogP contribution < -0.4 is 5.32 Å². The molecule has 0 atom stereocenters. The number of nitrogens with one attached hydrogen (secondary N) is 1. The molecule has 7 heteroatoms. The number of ether oxygens (including phenoxy) is 1. The van der Waals surface area contributed by atoms with Gasteiger partial charge in [-0.15, -0.1) is 23.1 Å². The van der Waals surface area contributed by atoms with Gasteiger partial charge < -0.3 is 10.1 Å². The van der Waals surface area contributed by atoms with Crippen molar-refractivity contribution in [2.24, 2.45) is 0 Å². The van der Waals surface area contributed by atoms with Gasteiger partial charge in [0.2, 0.25) is 5.91 Å². The van der Waals surface area contributed by atoms with Crippen molar-refractivity contribution in [2.75, 3.05) is 24.2 Å². The van der Waals surface area contributed by atoms with Crippen molar-refractivity contribution in [1.29, 1.82) is 0 Å². The molecule has 29 heavy (non-hydrogen) atoms. The molecule has 1 aromatic heterocycles. The van der Waals surface area contributed by atoms with Gasteiger partial charge in [-0.25, -0.2) is 4.79 Å². The van der Waals surface area contributed by atoms with Gasteiger partial charge in [-0.1, -0.05) is 17.7 Å². The molecule has 0 saturated carbocycles. The number of rotatable bonds is 7. The topological polar surface area (TPSA) is 58.6 Å². The highest BCUT2D eigenvalue weighted by molar-refractivity contribution is 8.00. The van der Waals surface area contributed by atoms with Crippen molar-refractivity contribution in [3.63, 3.8) is 0 Å². The molecule has 5 nitrogen and oxygen atoms in total. The quantitative estimate of drug-likeness (QED) is 0.506. The molecule has 1 aliphatic rings. The number of hydrogen-bond acceptors (Lipinski definition) is 6. The number of amides is 1. The molecule has 2 heterocycles. The number of aryl methyl sites for hydroxylation is 1. The Kier molecular flexibility index (Phi) is 7.38. The summed E-state index contributed by atoms with van der Waals surface area (Å²) in [6.07, 6.45) is 0.798. The zero-order chi connectivity index (χ0) is 21.0. The minimum atomic E-state index is -0.343. The second kappa shape index (κ2) is 9.78. The number of anilines is 1. The summed E-state index contributed by atoms with van der Waals surface area (Å²) >= 11 is 2.99. The number of carbonyl (C=O) groups is 2. The molecule has 2 aromatic rings. The lowest BCUT2D eigenvalue weighted by atomic mass is 10.0. The van der Waals surface area contributed by atoms with E-state index in [0.29, 0.717) is 29.0 Å². The molecule has 0 bridgehead atoms. The first kappa shape index (κ1) is 21.9. The molecule has 0 unspecified atom stereocenters. The van der Waals surface area contributed by atoms with E-state index in [1.165, 1.54) is 28.7 Å². The first-order valence-electron chi connectivity index (χ1n) is 9.94. The third-order valence-corrected chi connectivity index (χ3v) is 7.08. The maximum absolute atomic E-state index is 12.6. The smallest absolute Gasteiger partial charge is 0.341 e. The summed E-state index contributed by atoms with van der Waals surface area (Å²) in [4.78, 5) is 29.8. The maximum Gasteiger partial charge on any atom is 0.341 e. The zero-order valence-corrected chi connectivity index (χ0v) is 19.0. The summed E-state index contributed by atoms with van der Waals surface area (Å²) in [5, 5.41) is 3.59. The zero-order valence-electron chi connectivity index (χ0n) is 17.4. The Morgan fingerprint density at radius 1 is 1.28 bits per heavy atom. The average Bonchev–Trinajstić information content (AvgIpc) is 3.04. The summed E-state index contributed by atoms with van der Waals surface area (Å²) in [6.45, 7) is 10.2. The van der Waals surface area contributed by atoms with E-state index in [0.717, 1.165) is 34.8 Å². The molecule has 156 valence electrons. The molecule has 0 radical (unpaired) electrons. The van der Waals surface area contributed by atoms with Crippen LogP contribution in [-0.4, -0.2) is 41.7 Å². The molecule has 0 saturated heterocycles. The number of benzene rings is 1. The van der Waals surface area contributed by atoms with Gasteiger partial charge in [0.05, 0.1) is 17.9 Å². The Balaban J connectivity index is 1.75. The maximum atomic E-state index is 12.6. The van der Waals surface area contributed by atoms with Gasteiger partial charge >= 0.3 is 5.97 Å². The van der Waals surface area contributed by atoms with E-state index in [2.05, 4.69) is 24.1 Å². The Hall–Kier alpha value is -1.83. The van der Waals surface area contributed by atoms with Crippen LogP contribution in [-0.2, 0) is 22.5 Å². The predicted molar refractivity (Wildman–Crippen MR) is 120 cm³/mol. The number of hydrogen-bond donors (Lipinski definition) is 1. The van der Waals surface area contributed by atoms with Crippen LogP contribution >= 0.6 is 23.1 Å². The second-order valence-electron chi connectivity index (χ2n) is 7.39. The lowest BCUT2D eigenvalue weighted by molar-refractivity contribution is -0.113. The summed E-state index contributed by atoms with van der Waals surface area (Å²) in [5.74, 6) is -0.156. The van der Waals surface area contributed by atoms with Crippen LogP contribution in [0.4, 0.5) is 5.00 Å². The third kappa shape index (κ3) is 5.41. The van der Waals surface area contributed by atoms with E-state index in [-0.39, 0.29) is 11.9 Å². The van der Waals surface area contributed by atoms with Crippen molar-refractivity contribution in [1.82, 2.24) is 4.90 Å². The Bertz CT molecular complexity index is 875. The monoisotopic (exact) mass is 432 g/mol. The molecule has 1 N–H and O–H groups in total. The van der Waals surface area contributed by atoms with Crippen molar-refractivity contribution in [3.05, 3.63) is 45.8 Å². The first-order chi connectivity index (χ1) is 13.9. The normalized spacial score (nSPS) is 14.0. The van der Waals surface area contributed by atoms with E-state index < -0.39 is 0 Å². The summed E-state index contributed by atoms with van der Waals surface area (Å²) in [7, 11) is 0. The molecule has 0 aliphatic carbocycles. The van der Waals surface area contributed by atoms with Crippen LogP contribution in [0.2, 0.25) is 0 Å². The van der Waals surface area contributed by atoms with Crippen LogP contribution in [0.25, 0.3) is 0 Å². The van der Waals surface area contributed by atoms with Crippen molar-refractivity contribution in [3.8, 4) is 0 Å². The van der Waals surface area contributed by atoms with E-state index in [1.54, 1.807) is 6.92 Å². The largest absolute Gasteiger partial charge is 0.462 e. The van der Waals surface area contributed by atoms with Crippen LogP contribution in [0.1, 0.15) is 47.1 Å². The number of carbonyl (C=O) groups excluding carboxylic acids is 2. The predicted octanol–water partition coefficient (Wildman–Crippen LogP) is 4.73. The summed E-state index contributed by atoms with van der Waals surface area (Å²) < 4.78 is 5.29. The first-order valence-corrected chi connectivity index (χ1v) is 11.7. The summed E-state index contributed by atoms with van der Waals surface area (Å²) in [6, 6.07) is 8.55. The lowest BCUT2D eigenvalue weighted by Gasteiger charge is -2.30. The Morgan fingerprint density at radius 2 is 2.00 bits per heavy atom. The van der Waals surface area contributed by atoms with Crippen LogP contribution in [0.5, 0.6) is 0 Å². The lowest BCUT2D eigenvalue weighted by Crippen LogP contribution is -2.35. The highest BCUT2D eigenvalue weighted by Gasteiger charge is 2.30. The average molecular weight is 433 g/mol. The van der Waals surface area contributed by atoms with Gasteiger partial charge in [0, 0.05) is 28.9 Å². The molecule has 1 amide bonds. The third-order valence-electron chi connectivity index (χ3n) is 4.94. The van der Waals surface area contributed by atoms with Gasteiger partial charge in [0.25, 0.3) is 0 Å². The van der Waals surface area contributed by atoms with E-state index in [9.17, 15) is 9.59 Å². The molecule has 0 fully saturated rings. The van der Waals surface area contributed by atoms with Crippen LogP contribution in [0.15, 0.2) is 29.2 Å². The van der Waals surface area contributed by atoms with Gasteiger partial charge in [-0.05, 0) is 51.8 Å². The minimum absolute atomic E-state index is 0.111. The number of nitrogens with zero attached hydrogens (tertiary/aromatic N) is 1. The number of fused-ring (bicyclic) bond motifs is 1. The molecule has 3 rings (SSSR count). The minimum Gasteiger partial charge on any atom is -0.462 e. The van der Waals surface area contributed by atoms with Crippen LogP contribution in [0, 0.1) is 6.92 Å². The van der Waals surface area contributed by atoms with Gasteiger partial charge in [-0.3, -0.25) is 9.69 Å². The molecule has 1 aliphatic heterocycles. The Labute approximate surface area is 180 Å². The number of thioether (sulfide) groups is 1. The standard InChI is InChI=1S/C22H28N2O3S2/c1-5-27-22(26)20-17-10-11-24(14(2)3)12-18(17)29-21(20)23-19(25)13-28-16-8-6-15(4)7-9-16/h6-9,14H,5,10-13H2,1-4H3,(H,23,25). The van der Waals surface area contributed by atoms with Crippen molar-refractivity contribution >= 4 is 40.0 Å². The van der Waals surface area contributed by atoms with Gasteiger partial charge in [0.15, 0.2) is 0 Å². The van der Waals surface area contributed by atoms with Crippen molar-refractivity contribution < 1.29 is 14.3 Å². The fraction of sp³-hybridized carbons (Fsp3) is 0.455. The molecule has 1 aromatic carbocycles. The summed E-state index contributed by atoms with van der Waals surface area (Å²) in [5.41, 5.74) is 2.77. The highest BCUT2D eigenvalue weighted by Crippen LogP contribution is 2.38. The highest BCUT2D eigenvalue weighted by atomic mass is 32.2. The van der Waals surface area contributed by atoms with Gasteiger partial charge in [-0.2, -0.15) is 0 Å². The fourth-order valence-electron chi connectivity index (χ4n) is 3.32. The van der Waals surface area contributed by atoms with Crippen molar-refractivity contribution in [2.45, 2.75) is 51.6 Å². The SMILES string of the molecule is CCOC(=O)c1c(NC(=O)CSc2ccc(C)cc2)sc2c1CCN(C(C)C)C2. The number of thiophene rings is 1. The second-order valence-corrected chi connectivity index (χ2v) is 9.55. The number of esters is 1. The molecular weight excluding hydrogens is 404 g/mol. The van der Waals surface area contributed by atoms with Gasteiger partial charge in [0.1, 0.15) is 5.00 Å². The Morgan fingerprint density at radius 3 is 2.66 bits per heavy atom. The van der Waals surface area contributed by atoms with E-state index in [1.807, 2.05) is 31.2 Å². The molecular formula is C22H28N2O3S2. The van der Waals surface area contributed by atoms with Crippen LogP contribution in [0.3, 0.4) is 0 Å². The van der Waals surface area contributed by atoms with E-state index >= 15 is 0 Å². The molecule has 0 spiro atoms. The fourth-order valence-corrected chi connectivity index (χ4v) is 5.29. The van der Waals surface area contributed by atoms with E-state index in [4.69, 9.17) is 4.74 Å².